The SMILES string of the molecule is CCCCOC(=O)N(O)C(CC)CCC. The summed E-state index contributed by atoms with van der Waals surface area (Å²) >= 11 is 0. The highest BCUT2D eigenvalue weighted by Gasteiger charge is 2.20. The van der Waals surface area contributed by atoms with E-state index in [4.69, 9.17) is 4.74 Å². The van der Waals surface area contributed by atoms with Crippen molar-refractivity contribution >= 4 is 6.09 Å². The number of carbonyl (C=O) groups excluding carboxylic acids is 1. The number of ether oxygens (including phenoxy) is 1. The molecule has 0 aliphatic carbocycles. The van der Waals surface area contributed by atoms with Gasteiger partial charge in [-0.1, -0.05) is 33.6 Å². The Morgan fingerprint density at radius 1 is 1.33 bits per heavy atom. The average Bonchev–Trinajstić information content (AvgIpc) is 2.25. The molecule has 0 spiro atoms. The highest BCUT2D eigenvalue weighted by atomic mass is 16.6. The summed E-state index contributed by atoms with van der Waals surface area (Å²) in [4.78, 5) is 11.3. The maximum Gasteiger partial charge on any atom is 0.433 e. The predicted octanol–water partition coefficient (Wildman–Crippen LogP) is 3.19. The molecule has 4 heteroatoms. The Labute approximate surface area is 92.2 Å². The molecule has 15 heavy (non-hydrogen) atoms. The van der Waals surface area contributed by atoms with Crippen molar-refractivity contribution in [2.45, 2.75) is 58.9 Å². The lowest BCUT2D eigenvalue weighted by molar-refractivity contribution is -0.107. The number of unbranched alkanes of at least 4 members (excludes halogenated alkanes) is 1. The van der Waals surface area contributed by atoms with E-state index in [9.17, 15) is 10.0 Å². The first kappa shape index (κ1) is 14.2. The van der Waals surface area contributed by atoms with E-state index in [1.807, 2.05) is 20.8 Å². The normalized spacial score (nSPS) is 12.3. The molecule has 0 saturated heterocycles. The van der Waals surface area contributed by atoms with Crippen LogP contribution in [0.5, 0.6) is 0 Å². The van der Waals surface area contributed by atoms with Gasteiger partial charge in [0.15, 0.2) is 0 Å². The number of hydroxylamine groups is 2. The van der Waals surface area contributed by atoms with Gasteiger partial charge in [0.25, 0.3) is 0 Å². The summed E-state index contributed by atoms with van der Waals surface area (Å²) in [7, 11) is 0. The molecule has 1 N–H and O–H groups in total. The number of carbonyl (C=O) groups is 1. The fourth-order valence-corrected chi connectivity index (χ4v) is 1.35. The van der Waals surface area contributed by atoms with Gasteiger partial charge in [-0.05, 0) is 19.3 Å². The maximum atomic E-state index is 11.3. The van der Waals surface area contributed by atoms with Crippen molar-refractivity contribution in [2.24, 2.45) is 0 Å². The Kier molecular flexibility index (Phi) is 8.09. The molecular formula is C11H23NO3. The second-order valence-electron chi connectivity index (χ2n) is 3.66. The molecule has 1 atom stereocenters. The topological polar surface area (TPSA) is 49.8 Å². The first-order valence-corrected chi connectivity index (χ1v) is 5.82. The van der Waals surface area contributed by atoms with Gasteiger partial charge < -0.3 is 4.74 Å². The Bertz CT molecular complexity index is 173. The molecule has 0 aromatic carbocycles. The molecule has 0 aromatic rings. The van der Waals surface area contributed by atoms with Crippen LogP contribution >= 0.6 is 0 Å². The standard InChI is InChI=1S/C11H23NO3/c1-4-7-9-15-11(13)12(14)10(6-3)8-5-2/h10,14H,4-9H2,1-3H3. The van der Waals surface area contributed by atoms with Crippen molar-refractivity contribution in [3.8, 4) is 0 Å². The molecule has 0 aliphatic rings. The lowest BCUT2D eigenvalue weighted by Gasteiger charge is -2.23. The summed E-state index contributed by atoms with van der Waals surface area (Å²) in [5.74, 6) is 0. The van der Waals surface area contributed by atoms with E-state index in [0.717, 1.165) is 37.2 Å². The van der Waals surface area contributed by atoms with Crippen LogP contribution < -0.4 is 0 Å². The second kappa shape index (κ2) is 8.53. The van der Waals surface area contributed by atoms with Crippen LogP contribution in [0.15, 0.2) is 0 Å². The fourth-order valence-electron chi connectivity index (χ4n) is 1.35. The summed E-state index contributed by atoms with van der Waals surface area (Å²) in [6.07, 6.45) is 3.68. The van der Waals surface area contributed by atoms with Crippen LogP contribution in [0.1, 0.15) is 52.9 Å². The molecule has 0 heterocycles. The average molecular weight is 217 g/mol. The smallest absolute Gasteiger partial charge is 0.433 e. The highest BCUT2D eigenvalue weighted by Crippen LogP contribution is 2.10. The van der Waals surface area contributed by atoms with Crippen LogP contribution in [0.3, 0.4) is 0 Å². The van der Waals surface area contributed by atoms with E-state index in [1.54, 1.807) is 0 Å². The molecule has 0 radical (unpaired) electrons. The zero-order valence-corrected chi connectivity index (χ0v) is 10.0. The minimum Gasteiger partial charge on any atom is -0.448 e. The first-order valence-electron chi connectivity index (χ1n) is 5.82. The molecule has 0 bridgehead atoms. The number of rotatable bonds is 7. The van der Waals surface area contributed by atoms with Gasteiger partial charge in [0, 0.05) is 0 Å². The van der Waals surface area contributed by atoms with Gasteiger partial charge in [0.05, 0.1) is 12.6 Å². The van der Waals surface area contributed by atoms with Crippen molar-refractivity contribution in [3.63, 3.8) is 0 Å². The number of amides is 1. The van der Waals surface area contributed by atoms with Crippen LogP contribution in [0.2, 0.25) is 0 Å². The zero-order valence-electron chi connectivity index (χ0n) is 10.0. The van der Waals surface area contributed by atoms with Gasteiger partial charge in [0.2, 0.25) is 0 Å². The van der Waals surface area contributed by atoms with Crippen LogP contribution in [0, 0.1) is 0 Å². The largest absolute Gasteiger partial charge is 0.448 e. The van der Waals surface area contributed by atoms with E-state index in [2.05, 4.69) is 0 Å². The summed E-state index contributed by atoms with van der Waals surface area (Å²) < 4.78 is 4.91. The van der Waals surface area contributed by atoms with Crippen molar-refractivity contribution in [1.29, 1.82) is 0 Å². The summed E-state index contributed by atoms with van der Waals surface area (Å²) in [5, 5.41) is 10.3. The molecule has 0 saturated carbocycles. The van der Waals surface area contributed by atoms with Crippen molar-refractivity contribution in [3.05, 3.63) is 0 Å². The summed E-state index contributed by atoms with van der Waals surface area (Å²) in [5.41, 5.74) is 0. The van der Waals surface area contributed by atoms with Crippen molar-refractivity contribution in [2.75, 3.05) is 6.61 Å². The van der Waals surface area contributed by atoms with Gasteiger partial charge in [-0.25, -0.2) is 4.79 Å². The maximum absolute atomic E-state index is 11.3. The van der Waals surface area contributed by atoms with E-state index in [-0.39, 0.29) is 6.04 Å². The minimum atomic E-state index is -0.622. The third-order valence-electron chi connectivity index (χ3n) is 2.35. The van der Waals surface area contributed by atoms with Gasteiger partial charge >= 0.3 is 6.09 Å². The predicted molar refractivity (Wildman–Crippen MR) is 58.9 cm³/mol. The fraction of sp³-hybridized carbons (Fsp3) is 0.909. The Balaban J connectivity index is 3.92. The van der Waals surface area contributed by atoms with Crippen molar-refractivity contribution in [1.82, 2.24) is 5.06 Å². The van der Waals surface area contributed by atoms with E-state index < -0.39 is 6.09 Å². The molecule has 1 amide bonds. The molecule has 4 nitrogen and oxygen atoms in total. The first-order chi connectivity index (χ1) is 7.17. The minimum absolute atomic E-state index is 0.121. The van der Waals surface area contributed by atoms with Gasteiger partial charge in [-0.3, -0.25) is 5.21 Å². The van der Waals surface area contributed by atoms with Gasteiger partial charge in [-0.2, -0.15) is 5.06 Å². The number of nitrogens with zero attached hydrogens (tertiary/aromatic N) is 1. The monoisotopic (exact) mass is 217 g/mol. The summed E-state index contributed by atoms with van der Waals surface area (Å²) in [6.45, 7) is 6.38. The molecular weight excluding hydrogens is 194 g/mol. The Morgan fingerprint density at radius 2 is 2.00 bits per heavy atom. The quantitative estimate of drug-likeness (QED) is 0.405. The third-order valence-corrected chi connectivity index (χ3v) is 2.35. The van der Waals surface area contributed by atoms with Crippen LogP contribution in [0.25, 0.3) is 0 Å². The molecule has 90 valence electrons. The van der Waals surface area contributed by atoms with Crippen LogP contribution in [-0.4, -0.2) is 29.0 Å². The molecule has 0 aliphatic heterocycles. The number of hydrogen-bond donors (Lipinski definition) is 1. The van der Waals surface area contributed by atoms with Gasteiger partial charge in [0.1, 0.15) is 0 Å². The van der Waals surface area contributed by atoms with E-state index in [0.29, 0.717) is 6.61 Å². The lowest BCUT2D eigenvalue weighted by atomic mass is 10.1. The highest BCUT2D eigenvalue weighted by molar-refractivity contribution is 5.66. The van der Waals surface area contributed by atoms with Crippen molar-refractivity contribution < 1.29 is 14.7 Å². The van der Waals surface area contributed by atoms with E-state index >= 15 is 0 Å². The lowest BCUT2D eigenvalue weighted by Crippen LogP contribution is -2.37. The Morgan fingerprint density at radius 3 is 2.47 bits per heavy atom. The summed E-state index contributed by atoms with van der Waals surface area (Å²) in [6, 6.07) is -0.121. The Hall–Kier alpha value is -0.770. The molecule has 0 fully saturated rings. The molecule has 1 unspecified atom stereocenters. The van der Waals surface area contributed by atoms with E-state index in [1.165, 1.54) is 0 Å². The van der Waals surface area contributed by atoms with Gasteiger partial charge in [-0.15, -0.1) is 0 Å². The third kappa shape index (κ3) is 5.62. The zero-order chi connectivity index (χ0) is 11.7. The van der Waals surface area contributed by atoms with Crippen LogP contribution in [-0.2, 0) is 4.74 Å². The molecule has 0 rings (SSSR count). The second-order valence-corrected chi connectivity index (χ2v) is 3.66. The van der Waals surface area contributed by atoms with Crippen LogP contribution in [0.4, 0.5) is 4.79 Å². The number of hydrogen-bond acceptors (Lipinski definition) is 3. The molecule has 0 aromatic heterocycles.